The lowest BCUT2D eigenvalue weighted by Gasteiger charge is -2.25. The van der Waals surface area contributed by atoms with Crippen molar-refractivity contribution in [2.45, 2.75) is 16.7 Å². The number of hydrogen-bond donors (Lipinski definition) is 2. The SMILES string of the molecule is COc1ccc(N(CC(=O)Nc2ccc(S(=O)(=O)Nc3ccccc3)cc2)S(=O)(=O)c2ccc(C)cc2)cc1OC. The molecule has 0 bridgehead atoms. The highest BCUT2D eigenvalue weighted by Gasteiger charge is 2.28. The van der Waals surface area contributed by atoms with Gasteiger partial charge >= 0.3 is 0 Å². The highest BCUT2D eigenvalue weighted by Crippen LogP contribution is 2.34. The van der Waals surface area contributed by atoms with E-state index in [0.29, 0.717) is 11.4 Å². The van der Waals surface area contributed by atoms with E-state index >= 15 is 0 Å². The number of benzene rings is 4. The number of nitrogens with zero attached hydrogens (tertiary/aromatic N) is 1. The number of carbonyl (C=O) groups is 1. The van der Waals surface area contributed by atoms with Gasteiger partial charge in [-0.05, 0) is 67.6 Å². The number of aryl methyl sites for hydroxylation is 1. The van der Waals surface area contributed by atoms with Crippen LogP contribution in [0.1, 0.15) is 5.56 Å². The summed E-state index contributed by atoms with van der Waals surface area (Å²) in [6, 6.07) is 24.8. The third-order valence-corrected chi connectivity index (χ3v) is 9.21. The summed E-state index contributed by atoms with van der Waals surface area (Å²) in [6.45, 7) is 1.27. The van der Waals surface area contributed by atoms with Crippen molar-refractivity contribution in [3.05, 3.63) is 103 Å². The molecule has 0 aromatic heterocycles. The van der Waals surface area contributed by atoms with Gasteiger partial charge in [-0.3, -0.25) is 13.8 Å². The van der Waals surface area contributed by atoms with Gasteiger partial charge in [0.05, 0.1) is 29.7 Å². The van der Waals surface area contributed by atoms with Crippen molar-refractivity contribution in [2.75, 3.05) is 35.1 Å². The van der Waals surface area contributed by atoms with Gasteiger partial charge in [-0.1, -0.05) is 35.9 Å². The van der Waals surface area contributed by atoms with Crippen molar-refractivity contribution in [3.8, 4) is 11.5 Å². The molecule has 0 saturated carbocycles. The van der Waals surface area contributed by atoms with Gasteiger partial charge in [0, 0.05) is 17.4 Å². The summed E-state index contributed by atoms with van der Waals surface area (Å²) in [5, 5.41) is 2.64. The van der Waals surface area contributed by atoms with Crippen molar-refractivity contribution >= 4 is 43.0 Å². The molecule has 0 radical (unpaired) electrons. The molecule has 0 spiro atoms. The number of amides is 1. The molecule has 0 aliphatic carbocycles. The molecule has 12 heteroatoms. The highest BCUT2D eigenvalue weighted by atomic mass is 32.2. The summed E-state index contributed by atoms with van der Waals surface area (Å²) in [6.07, 6.45) is 0. The Morgan fingerprint density at radius 2 is 1.34 bits per heavy atom. The van der Waals surface area contributed by atoms with Crippen LogP contribution >= 0.6 is 0 Å². The van der Waals surface area contributed by atoms with Crippen LogP contribution in [-0.2, 0) is 24.8 Å². The Labute approximate surface area is 239 Å². The molecule has 4 aromatic carbocycles. The molecule has 0 heterocycles. The fourth-order valence-corrected chi connectivity index (χ4v) is 6.37. The summed E-state index contributed by atoms with van der Waals surface area (Å²) < 4.78 is 66.9. The molecule has 0 saturated heterocycles. The lowest BCUT2D eigenvalue weighted by Crippen LogP contribution is -2.38. The van der Waals surface area contributed by atoms with Crippen LogP contribution in [0.25, 0.3) is 0 Å². The molecule has 0 atom stereocenters. The second-order valence-electron chi connectivity index (χ2n) is 8.91. The van der Waals surface area contributed by atoms with Crippen LogP contribution in [0.2, 0.25) is 0 Å². The first-order chi connectivity index (χ1) is 19.5. The Morgan fingerprint density at radius 1 is 0.732 bits per heavy atom. The van der Waals surface area contributed by atoms with Gasteiger partial charge in [0.25, 0.3) is 20.0 Å². The first-order valence-corrected chi connectivity index (χ1v) is 15.2. The Balaban J connectivity index is 1.58. The smallest absolute Gasteiger partial charge is 0.264 e. The molecule has 1 amide bonds. The van der Waals surface area contributed by atoms with Crippen molar-refractivity contribution in [1.29, 1.82) is 0 Å². The molecular weight excluding hydrogens is 566 g/mol. The van der Waals surface area contributed by atoms with E-state index in [9.17, 15) is 21.6 Å². The normalized spacial score (nSPS) is 11.4. The van der Waals surface area contributed by atoms with Crippen LogP contribution in [0.15, 0.2) is 107 Å². The Hall–Kier alpha value is -4.55. The summed E-state index contributed by atoms with van der Waals surface area (Å²) >= 11 is 0. The van der Waals surface area contributed by atoms with Crippen LogP contribution in [0.5, 0.6) is 11.5 Å². The maximum absolute atomic E-state index is 13.7. The molecule has 214 valence electrons. The van der Waals surface area contributed by atoms with Crippen molar-refractivity contribution < 1.29 is 31.1 Å². The van der Waals surface area contributed by atoms with Gasteiger partial charge < -0.3 is 14.8 Å². The highest BCUT2D eigenvalue weighted by molar-refractivity contribution is 7.93. The number of anilines is 3. The van der Waals surface area contributed by atoms with Gasteiger partial charge in [0.15, 0.2) is 11.5 Å². The minimum Gasteiger partial charge on any atom is -0.493 e. The van der Waals surface area contributed by atoms with Crippen LogP contribution in [0, 0.1) is 6.92 Å². The van der Waals surface area contributed by atoms with E-state index in [2.05, 4.69) is 10.0 Å². The zero-order valence-electron chi connectivity index (χ0n) is 22.6. The number of methoxy groups -OCH3 is 2. The zero-order chi connectivity index (χ0) is 29.6. The zero-order valence-corrected chi connectivity index (χ0v) is 24.2. The predicted octanol–water partition coefficient (Wildman–Crippen LogP) is 4.65. The number of para-hydroxylation sites is 1. The fraction of sp³-hybridized carbons (Fsp3) is 0.138. The van der Waals surface area contributed by atoms with E-state index < -0.39 is 32.5 Å². The lowest BCUT2D eigenvalue weighted by atomic mass is 10.2. The van der Waals surface area contributed by atoms with Crippen molar-refractivity contribution in [2.24, 2.45) is 0 Å². The van der Waals surface area contributed by atoms with Gasteiger partial charge in [0.1, 0.15) is 6.54 Å². The standard InChI is InChI=1S/C29H29N3O7S2/c1-21-9-14-26(15-10-21)41(36,37)32(24-13-18-27(38-2)28(19-24)39-3)20-29(33)30-22-11-16-25(17-12-22)40(34,35)31-23-7-5-4-6-8-23/h4-19,31H,20H2,1-3H3,(H,30,33). The number of hydrogen-bond acceptors (Lipinski definition) is 7. The van der Waals surface area contributed by atoms with Gasteiger partial charge in [0.2, 0.25) is 5.91 Å². The third kappa shape index (κ3) is 6.97. The van der Waals surface area contributed by atoms with Gasteiger partial charge in [-0.25, -0.2) is 16.8 Å². The molecule has 0 aliphatic rings. The summed E-state index contributed by atoms with van der Waals surface area (Å²) in [7, 11) is -5.14. The van der Waals surface area contributed by atoms with E-state index in [1.807, 2.05) is 6.92 Å². The van der Waals surface area contributed by atoms with E-state index in [4.69, 9.17) is 9.47 Å². The molecule has 2 N–H and O–H groups in total. The van der Waals surface area contributed by atoms with Crippen LogP contribution in [0.3, 0.4) is 0 Å². The van der Waals surface area contributed by atoms with E-state index in [-0.39, 0.29) is 26.9 Å². The molecule has 41 heavy (non-hydrogen) atoms. The number of nitrogens with one attached hydrogen (secondary N) is 2. The number of carbonyl (C=O) groups excluding carboxylic acids is 1. The topological polar surface area (TPSA) is 131 Å². The maximum Gasteiger partial charge on any atom is 0.264 e. The molecular formula is C29H29N3O7S2. The second-order valence-corrected chi connectivity index (χ2v) is 12.5. The average molecular weight is 596 g/mol. The largest absolute Gasteiger partial charge is 0.493 e. The lowest BCUT2D eigenvalue weighted by molar-refractivity contribution is -0.114. The molecule has 4 aromatic rings. The fourth-order valence-electron chi connectivity index (χ4n) is 3.90. The number of ether oxygens (including phenoxy) is 2. The maximum atomic E-state index is 13.7. The quantitative estimate of drug-likeness (QED) is 0.258. The Bertz CT molecular complexity index is 1730. The van der Waals surface area contributed by atoms with E-state index in [1.165, 1.54) is 62.8 Å². The van der Waals surface area contributed by atoms with Crippen LogP contribution < -0.4 is 23.8 Å². The average Bonchev–Trinajstić information content (AvgIpc) is 2.96. The monoisotopic (exact) mass is 595 g/mol. The Kier molecular flexibility index (Phi) is 8.84. The Morgan fingerprint density at radius 3 is 1.95 bits per heavy atom. The van der Waals surface area contributed by atoms with Gasteiger partial charge in [-0.2, -0.15) is 0 Å². The van der Waals surface area contributed by atoms with Crippen LogP contribution in [-0.4, -0.2) is 43.5 Å². The first kappa shape index (κ1) is 29.4. The molecule has 0 fully saturated rings. The molecule has 4 rings (SSSR count). The minimum absolute atomic E-state index is 0.00570. The second kappa shape index (κ2) is 12.3. The van der Waals surface area contributed by atoms with Crippen LogP contribution in [0.4, 0.5) is 17.1 Å². The molecule has 0 unspecified atom stereocenters. The van der Waals surface area contributed by atoms with Gasteiger partial charge in [-0.15, -0.1) is 0 Å². The summed E-state index contributed by atoms with van der Waals surface area (Å²) in [5.41, 5.74) is 1.76. The molecule has 0 aliphatic heterocycles. The van der Waals surface area contributed by atoms with E-state index in [1.54, 1.807) is 48.5 Å². The number of sulfonamides is 2. The summed E-state index contributed by atoms with van der Waals surface area (Å²) in [4.78, 5) is 13.1. The first-order valence-electron chi connectivity index (χ1n) is 12.3. The van der Waals surface area contributed by atoms with E-state index in [0.717, 1.165) is 9.87 Å². The molecule has 10 nitrogen and oxygen atoms in total. The minimum atomic E-state index is -4.17. The summed E-state index contributed by atoms with van der Waals surface area (Å²) in [5.74, 6) is 0.0362. The van der Waals surface area contributed by atoms with Crippen molar-refractivity contribution in [1.82, 2.24) is 0 Å². The number of rotatable bonds is 11. The third-order valence-electron chi connectivity index (χ3n) is 6.03. The predicted molar refractivity (Wildman–Crippen MR) is 158 cm³/mol. The van der Waals surface area contributed by atoms with Crippen molar-refractivity contribution in [3.63, 3.8) is 0 Å².